The molecule has 0 radical (unpaired) electrons. The molecular formula is C13H15ClN3O+. The maximum absolute atomic E-state index is 11.5. The monoisotopic (exact) mass is 264 g/mol. The van der Waals surface area contributed by atoms with E-state index in [1.807, 2.05) is 26.8 Å². The van der Waals surface area contributed by atoms with Crippen LogP contribution in [0, 0.1) is 12.8 Å². The van der Waals surface area contributed by atoms with Crippen molar-refractivity contribution in [2.24, 2.45) is 5.92 Å². The van der Waals surface area contributed by atoms with Gasteiger partial charge >= 0.3 is 5.17 Å². The molecule has 0 aliphatic carbocycles. The van der Waals surface area contributed by atoms with E-state index in [1.54, 1.807) is 23.2 Å². The summed E-state index contributed by atoms with van der Waals surface area (Å²) in [4.78, 5) is 15.6. The molecule has 0 fully saturated rings. The van der Waals surface area contributed by atoms with Crippen LogP contribution >= 0.6 is 11.6 Å². The number of hydrogen-bond donors (Lipinski definition) is 1. The second kappa shape index (κ2) is 4.90. The maximum Gasteiger partial charge on any atom is 0.311 e. The number of aromatic nitrogens is 1. The number of halogens is 1. The van der Waals surface area contributed by atoms with Gasteiger partial charge in [0, 0.05) is 18.2 Å². The fraction of sp³-hybridized carbons (Fsp3) is 0.308. The van der Waals surface area contributed by atoms with Gasteiger partial charge in [0.15, 0.2) is 5.70 Å². The smallest absolute Gasteiger partial charge is 0.311 e. The highest BCUT2D eigenvalue weighted by Gasteiger charge is 2.32. The Hall–Kier alpha value is -1.68. The highest BCUT2D eigenvalue weighted by molar-refractivity contribution is 6.69. The summed E-state index contributed by atoms with van der Waals surface area (Å²) in [6.07, 6.45) is 5.30. The minimum Gasteiger partial charge on any atom is -0.315 e. The van der Waals surface area contributed by atoms with Gasteiger partial charge in [-0.1, -0.05) is 13.8 Å². The Morgan fingerprint density at radius 1 is 1.44 bits per heavy atom. The van der Waals surface area contributed by atoms with E-state index < -0.39 is 0 Å². The second-order valence-electron chi connectivity index (χ2n) is 4.57. The van der Waals surface area contributed by atoms with Gasteiger partial charge in [-0.05, 0) is 24.1 Å². The zero-order valence-electron chi connectivity index (χ0n) is 10.6. The number of carbonyl (C=O) groups excluding carboxylic acids is 1. The normalized spacial score (nSPS) is 14.4. The predicted molar refractivity (Wildman–Crippen MR) is 70.8 cm³/mol. The summed E-state index contributed by atoms with van der Waals surface area (Å²) in [5, 5.41) is 3.28. The van der Waals surface area contributed by atoms with Gasteiger partial charge in [-0.15, -0.1) is 4.58 Å². The molecule has 1 amide bonds. The topological polar surface area (TPSA) is 45.0 Å². The van der Waals surface area contributed by atoms with E-state index in [0.29, 0.717) is 10.9 Å². The molecule has 1 aromatic rings. The molecule has 0 saturated carbocycles. The summed E-state index contributed by atoms with van der Waals surface area (Å²) < 4.78 is 1.79. The maximum atomic E-state index is 11.5. The van der Waals surface area contributed by atoms with Gasteiger partial charge in [-0.3, -0.25) is 9.78 Å². The van der Waals surface area contributed by atoms with Crippen molar-refractivity contribution in [3.63, 3.8) is 0 Å². The summed E-state index contributed by atoms with van der Waals surface area (Å²) in [5.74, 6) is -0.105. The van der Waals surface area contributed by atoms with Crippen LogP contribution in [0.2, 0.25) is 0 Å². The van der Waals surface area contributed by atoms with Gasteiger partial charge in [0.05, 0.1) is 6.20 Å². The Kier molecular flexibility index (Phi) is 3.48. The summed E-state index contributed by atoms with van der Waals surface area (Å²) in [7, 11) is 0. The number of amides is 1. The molecule has 0 saturated heterocycles. The number of carbonyl (C=O) groups is 1. The van der Waals surface area contributed by atoms with Crippen molar-refractivity contribution < 1.29 is 9.37 Å². The van der Waals surface area contributed by atoms with E-state index in [0.717, 1.165) is 11.3 Å². The van der Waals surface area contributed by atoms with E-state index in [4.69, 9.17) is 11.6 Å². The largest absolute Gasteiger partial charge is 0.315 e. The molecule has 0 unspecified atom stereocenters. The summed E-state index contributed by atoms with van der Waals surface area (Å²) in [5.41, 5.74) is 2.60. The van der Waals surface area contributed by atoms with Gasteiger partial charge in [0.2, 0.25) is 17.8 Å². The lowest BCUT2D eigenvalue weighted by molar-refractivity contribution is -0.371. The minimum atomic E-state index is -0.0648. The lowest BCUT2D eigenvalue weighted by Gasteiger charge is -2.14. The number of aryl methyl sites for hydroxylation is 1. The fourth-order valence-corrected chi connectivity index (χ4v) is 1.76. The van der Waals surface area contributed by atoms with E-state index in [-0.39, 0.29) is 11.8 Å². The van der Waals surface area contributed by atoms with Crippen LogP contribution in [0.15, 0.2) is 30.4 Å². The molecule has 2 rings (SSSR count). The van der Waals surface area contributed by atoms with Gasteiger partial charge in [-0.2, -0.15) is 0 Å². The van der Waals surface area contributed by atoms with Crippen molar-refractivity contribution >= 4 is 28.4 Å². The zero-order valence-corrected chi connectivity index (χ0v) is 11.3. The quantitative estimate of drug-likeness (QED) is 0.852. The second-order valence-corrected chi connectivity index (χ2v) is 4.93. The van der Waals surface area contributed by atoms with Crippen LogP contribution < -0.4 is 5.32 Å². The minimum absolute atomic E-state index is 0.0404. The molecule has 0 atom stereocenters. The van der Waals surface area contributed by atoms with Crippen LogP contribution in [0.4, 0.5) is 5.69 Å². The average molecular weight is 265 g/mol. The third-order valence-electron chi connectivity index (χ3n) is 2.61. The summed E-state index contributed by atoms with van der Waals surface area (Å²) in [6.45, 7) is 5.64. The van der Waals surface area contributed by atoms with Crippen LogP contribution in [-0.2, 0) is 4.79 Å². The molecule has 4 nitrogen and oxygen atoms in total. The molecular weight excluding hydrogens is 250 g/mol. The Morgan fingerprint density at radius 3 is 2.72 bits per heavy atom. The first kappa shape index (κ1) is 12.8. The van der Waals surface area contributed by atoms with Crippen molar-refractivity contribution in [1.82, 2.24) is 10.3 Å². The van der Waals surface area contributed by atoms with Crippen LogP contribution in [0.25, 0.3) is 0 Å². The van der Waals surface area contributed by atoms with Crippen LogP contribution in [0.3, 0.4) is 0 Å². The molecule has 1 aliphatic rings. The number of nitrogens with zero attached hydrogens (tertiary/aromatic N) is 2. The third kappa shape index (κ3) is 2.43. The van der Waals surface area contributed by atoms with Gasteiger partial charge in [0.1, 0.15) is 0 Å². The standard InChI is InChI=1S/C13H14ClN3O/c1-8(2)13(18)16-11-7-17(12(11)14)10-4-9(3)5-15-6-10/h4-8H,1-3H3/p+1. The lowest BCUT2D eigenvalue weighted by atomic mass is 10.2. The molecule has 1 aliphatic heterocycles. The summed E-state index contributed by atoms with van der Waals surface area (Å²) >= 11 is 6.15. The average Bonchev–Trinajstić information content (AvgIpc) is 2.32. The molecule has 2 heterocycles. The Balaban J connectivity index is 2.12. The molecule has 18 heavy (non-hydrogen) atoms. The SMILES string of the molecule is Cc1cncc([N+]2=C(Cl)C(NC(=O)C(C)C)=C2)c1. The van der Waals surface area contributed by atoms with Crippen LogP contribution in [0.5, 0.6) is 0 Å². The molecule has 0 spiro atoms. The van der Waals surface area contributed by atoms with Crippen molar-refractivity contribution in [3.05, 3.63) is 35.9 Å². The number of allylic oxidation sites excluding steroid dienone is 1. The van der Waals surface area contributed by atoms with E-state index in [2.05, 4.69) is 10.3 Å². The first-order valence-electron chi connectivity index (χ1n) is 5.75. The van der Waals surface area contributed by atoms with Gasteiger partial charge in [0.25, 0.3) is 0 Å². The lowest BCUT2D eigenvalue weighted by Crippen LogP contribution is -2.36. The molecule has 1 aromatic heterocycles. The number of rotatable bonds is 3. The Morgan fingerprint density at radius 2 is 2.17 bits per heavy atom. The van der Waals surface area contributed by atoms with Crippen molar-refractivity contribution in [2.75, 3.05) is 0 Å². The fourth-order valence-electron chi connectivity index (χ4n) is 1.52. The number of pyridine rings is 1. The molecule has 0 aromatic carbocycles. The van der Waals surface area contributed by atoms with Gasteiger partial charge in [-0.25, -0.2) is 0 Å². The zero-order chi connectivity index (χ0) is 13.3. The van der Waals surface area contributed by atoms with Gasteiger partial charge < -0.3 is 5.32 Å². The Bertz CT molecular complexity index is 561. The van der Waals surface area contributed by atoms with Crippen molar-refractivity contribution in [2.45, 2.75) is 20.8 Å². The van der Waals surface area contributed by atoms with Crippen molar-refractivity contribution in [1.29, 1.82) is 0 Å². The van der Waals surface area contributed by atoms with E-state index in [1.165, 1.54) is 0 Å². The molecule has 5 heteroatoms. The third-order valence-corrected chi connectivity index (χ3v) is 3.00. The predicted octanol–water partition coefficient (Wildman–Crippen LogP) is 2.30. The molecule has 0 bridgehead atoms. The van der Waals surface area contributed by atoms with E-state index >= 15 is 0 Å². The first-order valence-corrected chi connectivity index (χ1v) is 6.13. The summed E-state index contributed by atoms with van der Waals surface area (Å²) in [6, 6.07) is 1.98. The van der Waals surface area contributed by atoms with Crippen LogP contribution in [-0.4, -0.2) is 20.6 Å². The first-order chi connectivity index (χ1) is 8.49. The highest BCUT2D eigenvalue weighted by atomic mass is 35.5. The Labute approximate surface area is 111 Å². The van der Waals surface area contributed by atoms with E-state index in [9.17, 15) is 4.79 Å². The van der Waals surface area contributed by atoms with Crippen LogP contribution in [0.1, 0.15) is 19.4 Å². The highest BCUT2D eigenvalue weighted by Crippen LogP contribution is 2.22. The molecule has 94 valence electrons. The van der Waals surface area contributed by atoms with Crippen molar-refractivity contribution in [3.8, 4) is 0 Å². The molecule has 1 N–H and O–H groups in total. The number of hydrogen-bond acceptors (Lipinski definition) is 2. The number of nitrogens with one attached hydrogen (secondary N) is 1.